The molecule has 31 heavy (non-hydrogen) atoms. The van der Waals surface area contributed by atoms with Gasteiger partial charge in [0.15, 0.2) is 5.96 Å². The van der Waals surface area contributed by atoms with Crippen molar-refractivity contribution in [3.8, 4) is 5.75 Å². The maximum atomic E-state index is 6.18. The second-order valence-corrected chi connectivity index (χ2v) is 7.46. The molecular weight excluding hydrogens is 529 g/mol. The summed E-state index contributed by atoms with van der Waals surface area (Å²) in [5, 5.41) is 7.31. The summed E-state index contributed by atoms with van der Waals surface area (Å²) in [6, 6.07) is 15.7. The predicted octanol–water partition coefficient (Wildman–Crippen LogP) is 4.40. The van der Waals surface area contributed by atoms with Crippen LogP contribution in [-0.2, 0) is 22.6 Å². The lowest BCUT2D eigenvalue weighted by molar-refractivity contribution is 0.0420. The van der Waals surface area contributed by atoms with Gasteiger partial charge in [0.05, 0.1) is 17.7 Å². The Bertz CT molecular complexity index is 816. The first-order valence-corrected chi connectivity index (χ1v) is 10.7. The van der Waals surface area contributed by atoms with Crippen molar-refractivity contribution < 1.29 is 14.2 Å². The van der Waals surface area contributed by atoms with Crippen molar-refractivity contribution in [3.05, 3.63) is 64.7 Å². The third kappa shape index (κ3) is 8.84. The van der Waals surface area contributed by atoms with Crippen LogP contribution >= 0.6 is 35.6 Å². The number of halogens is 2. The molecule has 0 spiro atoms. The van der Waals surface area contributed by atoms with Gasteiger partial charge in [0.2, 0.25) is 0 Å². The minimum Gasteiger partial charge on any atom is -0.487 e. The Labute approximate surface area is 206 Å². The standard InChI is InChI=1S/C23H30ClN3O3.HI/c1-25-23(26-12-6-13-29-20-11-14-28-17-20)27-15-18-7-2-3-8-19(18)16-30-22-10-5-4-9-21(22)24;/h2-5,7-10,20H,6,11-17H2,1H3,(H2,25,26,27);1H. The molecule has 0 saturated carbocycles. The van der Waals surface area contributed by atoms with Gasteiger partial charge in [0, 0.05) is 33.4 Å². The fraction of sp³-hybridized carbons (Fsp3) is 0.435. The third-order valence-corrected chi connectivity index (χ3v) is 5.18. The number of aliphatic imine (C=N–C) groups is 1. The largest absolute Gasteiger partial charge is 0.487 e. The van der Waals surface area contributed by atoms with E-state index < -0.39 is 0 Å². The van der Waals surface area contributed by atoms with Crippen molar-refractivity contribution in [3.63, 3.8) is 0 Å². The van der Waals surface area contributed by atoms with E-state index >= 15 is 0 Å². The third-order valence-electron chi connectivity index (χ3n) is 4.86. The average molecular weight is 560 g/mol. The van der Waals surface area contributed by atoms with E-state index in [4.69, 9.17) is 25.8 Å². The lowest BCUT2D eigenvalue weighted by Crippen LogP contribution is -2.37. The molecule has 3 rings (SSSR count). The van der Waals surface area contributed by atoms with Crippen molar-refractivity contribution in [1.29, 1.82) is 0 Å². The monoisotopic (exact) mass is 559 g/mol. The van der Waals surface area contributed by atoms with Crippen molar-refractivity contribution in [2.24, 2.45) is 4.99 Å². The molecule has 1 aliphatic heterocycles. The molecule has 1 saturated heterocycles. The summed E-state index contributed by atoms with van der Waals surface area (Å²) in [7, 11) is 1.77. The van der Waals surface area contributed by atoms with E-state index in [1.54, 1.807) is 7.05 Å². The number of hydrogen-bond acceptors (Lipinski definition) is 4. The number of hydrogen-bond donors (Lipinski definition) is 2. The molecule has 0 aliphatic carbocycles. The molecule has 0 aromatic heterocycles. The first-order chi connectivity index (χ1) is 14.8. The summed E-state index contributed by atoms with van der Waals surface area (Å²) in [5.41, 5.74) is 2.25. The highest BCUT2D eigenvalue weighted by Crippen LogP contribution is 2.24. The molecule has 1 aliphatic rings. The van der Waals surface area contributed by atoms with Crippen LogP contribution in [0.25, 0.3) is 0 Å². The normalized spacial score (nSPS) is 15.9. The number of nitrogens with one attached hydrogen (secondary N) is 2. The minimum atomic E-state index is 0. The molecule has 6 nitrogen and oxygen atoms in total. The smallest absolute Gasteiger partial charge is 0.191 e. The summed E-state index contributed by atoms with van der Waals surface area (Å²) in [4.78, 5) is 4.30. The van der Waals surface area contributed by atoms with Crippen LogP contribution in [0.4, 0.5) is 0 Å². The summed E-state index contributed by atoms with van der Waals surface area (Å²) in [6.45, 7) is 4.15. The molecule has 1 fully saturated rings. The molecule has 8 heteroatoms. The van der Waals surface area contributed by atoms with E-state index in [2.05, 4.69) is 27.8 Å². The molecule has 2 aromatic rings. The summed E-state index contributed by atoms with van der Waals surface area (Å²) >= 11 is 6.18. The Morgan fingerprint density at radius 3 is 2.65 bits per heavy atom. The Morgan fingerprint density at radius 2 is 1.90 bits per heavy atom. The van der Waals surface area contributed by atoms with E-state index in [0.717, 1.165) is 56.3 Å². The fourth-order valence-electron chi connectivity index (χ4n) is 3.16. The van der Waals surface area contributed by atoms with Crippen molar-refractivity contribution in [2.45, 2.75) is 32.1 Å². The number of guanidine groups is 1. The highest BCUT2D eigenvalue weighted by Gasteiger charge is 2.15. The highest BCUT2D eigenvalue weighted by molar-refractivity contribution is 14.0. The van der Waals surface area contributed by atoms with Crippen LogP contribution in [0.3, 0.4) is 0 Å². The van der Waals surface area contributed by atoms with Gasteiger partial charge in [-0.25, -0.2) is 0 Å². The van der Waals surface area contributed by atoms with E-state index in [1.807, 2.05) is 36.4 Å². The van der Waals surface area contributed by atoms with E-state index in [9.17, 15) is 0 Å². The van der Waals surface area contributed by atoms with Gasteiger partial charge in [0.25, 0.3) is 0 Å². The molecular formula is C23H31ClIN3O3. The maximum absolute atomic E-state index is 6.18. The molecule has 0 bridgehead atoms. The zero-order valence-corrected chi connectivity index (χ0v) is 20.9. The molecule has 1 atom stereocenters. The fourth-order valence-corrected chi connectivity index (χ4v) is 3.35. The first-order valence-electron chi connectivity index (χ1n) is 10.3. The summed E-state index contributed by atoms with van der Waals surface area (Å²) in [6.07, 6.45) is 2.17. The average Bonchev–Trinajstić information content (AvgIpc) is 3.29. The van der Waals surface area contributed by atoms with Gasteiger partial charge in [-0.1, -0.05) is 48.0 Å². The van der Waals surface area contributed by atoms with Gasteiger partial charge in [-0.05, 0) is 36.1 Å². The number of benzene rings is 2. The number of rotatable bonds is 10. The van der Waals surface area contributed by atoms with Gasteiger partial charge in [-0.15, -0.1) is 24.0 Å². The van der Waals surface area contributed by atoms with Gasteiger partial charge >= 0.3 is 0 Å². The Kier molecular flexibility index (Phi) is 12.0. The van der Waals surface area contributed by atoms with Crippen molar-refractivity contribution in [1.82, 2.24) is 10.6 Å². The zero-order valence-electron chi connectivity index (χ0n) is 17.8. The van der Waals surface area contributed by atoms with Gasteiger partial charge in [-0.2, -0.15) is 0 Å². The molecule has 2 N–H and O–H groups in total. The molecule has 1 unspecified atom stereocenters. The van der Waals surface area contributed by atoms with Crippen LogP contribution in [0.1, 0.15) is 24.0 Å². The van der Waals surface area contributed by atoms with Gasteiger partial charge in [-0.3, -0.25) is 4.99 Å². The van der Waals surface area contributed by atoms with Crippen LogP contribution in [0.2, 0.25) is 5.02 Å². The Balaban J connectivity index is 0.00000341. The number of para-hydroxylation sites is 1. The van der Waals surface area contributed by atoms with E-state index in [0.29, 0.717) is 23.9 Å². The van der Waals surface area contributed by atoms with Gasteiger partial charge < -0.3 is 24.8 Å². The van der Waals surface area contributed by atoms with Crippen molar-refractivity contribution >= 4 is 41.5 Å². The quantitative estimate of drug-likeness (QED) is 0.196. The molecule has 0 radical (unpaired) electrons. The molecule has 2 aromatic carbocycles. The second kappa shape index (κ2) is 14.5. The Morgan fingerprint density at radius 1 is 1.13 bits per heavy atom. The number of nitrogens with zero attached hydrogens (tertiary/aromatic N) is 1. The molecule has 1 heterocycles. The van der Waals surface area contributed by atoms with Crippen LogP contribution in [0.5, 0.6) is 5.75 Å². The van der Waals surface area contributed by atoms with E-state index in [1.165, 1.54) is 0 Å². The lowest BCUT2D eigenvalue weighted by atomic mass is 10.1. The van der Waals surface area contributed by atoms with Crippen LogP contribution in [-0.4, -0.2) is 45.5 Å². The summed E-state index contributed by atoms with van der Waals surface area (Å²) in [5.74, 6) is 1.45. The van der Waals surface area contributed by atoms with Crippen LogP contribution < -0.4 is 15.4 Å². The maximum Gasteiger partial charge on any atom is 0.191 e. The second-order valence-electron chi connectivity index (χ2n) is 7.05. The van der Waals surface area contributed by atoms with E-state index in [-0.39, 0.29) is 30.1 Å². The summed E-state index contributed by atoms with van der Waals surface area (Å²) < 4.78 is 17.0. The SMILES string of the molecule is CN=C(NCCCOC1CCOC1)NCc1ccccc1COc1ccccc1Cl.I. The van der Waals surface area contributed by atoms with Crippen LogP contribution in [0.15, 0.2) is 53.5 Å². The van der Waals surface area contributed by atoms with Gasteiger partial charge in [0.1, 0.15) is 12.4 Å². The minimum absolute atomic E-state index is 0. The lowest BCUT2D eigenvalue weighted by Gasteiger charge is -2.15. The van der Waals surface area contributed by atoms with Crippen molar-refractivity contribution in [2.75, 3.05) is 33.4 Å². The van der Waals surface area contributed by atoms with Crippen LogP contribution in [0, 0.1) is 0 Å². The zero-order chi connectivity index (χ0) is 21.0. The topological polar surface area (TPSA) is 64.1 Å². The number of ether oxygens (including phenoxy) is 3. The predicted molar refractivity (Wildman–Crippen MR) is 136 cm³/mol. The highest BCUT2D eigenvalue weighted by atomic mass is 127. The first kappa shape index (κ1) is 25.7. The Hall–Kier alpha value is -1.55. The molecule has 0 amide bonds. The molecule has 170 valence electrons.